The lowest BCUT2D eigenvalue weighted by atomic mass is 10.1. The zero-order valence-electron chi connectivity index (χ0n) is 10.7. The number of alkyl halides is 3. The number of hydrogen-bond donors (Lipinski definition) is 1. The zero-order chi connectivity index (χ0) is 15.5. The zero-order valence-corrected chi connectivity index (χ0v) is 12.3. The summed E-state index contributed by atoms with van der Waals surface area (Å²) in [5, 5.41) is 11.5. The van der Waals surface area contributed by atoms with Gasteiger partial charge in [0.2, 0.25) is 0 Å². The first-order valence-electron chi connectivity index (χ1n) is 6.00. The van der Waals surface area contributed by atoms with Crippen molar-refractivity contribution in [2.75, 3.05) is 5.32 Å². The first-order valence-corrected chi connectivity index (χ1v) is 6.79. The predicted molar refractivity (Wildman–Crippen MR) is 77.6 cm³/mol. The largest absolute Gasteiger partial charge is 0.418 e. The van der Waals surface area contributed by atoms with Crippen LogP contribution in [0.1, 0.15) is 16.7 Å². The molecule has 0 fully saturated rings. The van der Waals surface area contributed by atoms with Crippen LogP contribution in [0.15, 0.2) is 46.9 Å². The fraction of sp³-hybridized carbons (Fsp3) is 0.133. The lowest BCUT2D eigenvalue weighted by Gasteiger charge is -2.15. The molecular weight excluding hydrogens is 345 g/mol. The summed E-state index contributed by atoms with van der Waals surface area (Å²) in [5.74, 6) is 0. The Morgan fingerprint density at radius 3 is 2.33 bits per heavy atom. The molecule has 0 heterocycles. The first-order chi connectivity index (χ1) is 9.90. The molecule has 2 nitrogen and oxygen atoms in total. The molecule has 0 bridgehead atoms. The van der Waals surface area contributed by atoms with Crippen molar-refractivity contribution in [1.82, 2.24) is 0 Å². The fourth-order valence-corrected chi connectivity index (χ4v) is 2.16. The first kappa shape index (κ1) is 15.4. The molecule has 21 heavy (non-hydrogen) atoms. The molecule has 0 aromatic heterocycles. The summed E-state index contributed by atoms with van der Waals surface area (Å²) in [6.45, 7) is 0.246. The van der Waals surface area contributed by atoms with E-state index in [0.29, 0.717) is 10.0 Å². The SMILES string of the molecule is N#Cc1ccc(CNc2ccc(Br)cc2C(F)(F)F)cc1. The van der Waals surface area contributed by atoms with E-state index in [2.05, 4.69) is 21.2 Å². The number of benzene rings is 2. The molecule has 6 heteroatoms. The van der Waals surface area contributed by atoms with Crippen molar-refractivity contribution in [3.63, 3.8) is 0 Å². The highest BCUT2D eigenvalue weighted by Crippen LogP contribution is 2.36. The van der Waals surface area contributed by atoms with Crippen LogP contribution < -0.4 is 5.32 Å². The van der Waals surface area contributed by atoms with Crippen LogP contribution in [-0.2, 0) is 12.7 Å². The molecule has 2 aromatic rings. The molecule has 0 saturated heterocycles. The lowest BCUT2D eigenvalue weighted by molar-refractivity contribution is -0.137. The van der Waals surface area contributed by atoms with Gasteiger partial charge in [0.1, 0.15) is 0 Å². The van der Waals surface area contributed by atoms with Gasteiger partial charge in [-0.2, -0.15) is 18.4 Å². The Labute approximate surface area is 128 Å². The molecule has 0 aliphatic rings. The van der Waals surface area contributed by atoms with Gasteiger partial charge in [-0.1, -0.05) is 28.1 Å². The molecular formula is C15H10BrF3N2. The van der Waals surface area contributed by atoms with Gasteiger partial charge in [0.25, 0.3) is 0 Å². The monoisotopic (exact) mass is 354 g/mol. The third kappa shape index (κ3) is 3.99. The topological polar surface area (TPSA) is 35.8 Å². The van der Waals surface area contributed by atoms with Crippen molar-refractivity contribution in [1.29, 1.82) is 5.26 Å². The van der Waals surface area contributed by atoms with E-state index in [4.69, 9.17) is 5.26 Å². The Balaban J connectivity index is 2.18. The molecule has 2 aromatic carbocycles. The summed E-state index contributed by atoms with van der Waals surface area (Å²) < 4.78 is 39.2. The number of anilines is 1. The van der Waals surface area contributed by atoms with Crippen molar-refractivity contribution >= 4 is 21.6 Å². The van der Waals surface area contributed by atoms with Gasteiger partial charge in [0.15, 0.2) is 0 Å². The summed E-state index contributed by atoms with van der Waals surface area (Å²) in [4.78, 5) is 0. The fourth-order valence-electron chi connectivity index (χ4n) is 1.80. The van der Waals surface area contributed by atoms with Crippen molar-refractivity contribution in [3.8, 4) is 6.07 Å². The van der Waals surface area contributed by atoms with Crippen LogP contribution in [0.5, 0.6) is 0 Å². The minimum Gasteiger partial charge on any atom is -0.380 e. The number of nitriles is 1. The summed E-state index contributed by atoms with van der Waals surface area (Å²) in [5.41, 5.74) is 0.615. The van der Waals surface area contributed by atoms with Gasteiger partial charge in [-0.3, -0.25) is 0 Å². The van der Waals surface area contributed by atoms with Gasteiger partial charge in [-0.15, -0.1) is 0 Å². The molecule has 1 N–H and O–H groups in total. The number of hydrogen-bond acceptors (Lipinski definition) is 2. The van der Waals surface area contributed by atoms with Gasteiger partial charge in [-0.05, 0) is 35.9 Å². The van der Waals surface area contributed by atoms with Gasteiger partial charge in [-0.25, -0.2) is 0 Å². The normalized spacial score (nSPS) is 11.0. The second kappa shape index (κ2) is 6.19. The highest BCUT2D eigenvalue weighted by Gasteiger charge is 2.33. The van der Waals surface area contributed by atoms with E-state index >= 15 is 0 Å². The smallest absolute Gasteiger partial charge is 0.380 e. The van der Waals surface area contributed by atoms with E-state index in [-0.39, 0.29) is 12.2 Å². The van der Waals surface area contributed by atoms with Crippen LogP contribution in [0.4, 0.5) is 18.9 Å². The Bertz CT molecular complexity index is 673. The van der Waals surface area contributed by atoms with Crippen LogP contribution in [0.2, 0.25) is 0 Å². The van der Waals surface area contributed by atoms with Crippen LogP contribution in [0.3, 0.4) is 0 Å². The van der Waals surface area contributed by atoms with Gasteiger partial charge in [0, 0.05) is 16.7 Å². The van der Waals surface area contributed by atoms with Crippen LogP contribution in [-0.4, -0.2) is 0 Å². The van der Waals surface area contributed by atoms with Crippen molar-refractivity contribution in [2.45, 2.75) is 12.7 Å². The number of rotatable bonds is 3. The van der Waals surface area contributed by atoms with E-state index in [1.165, 1.54) is 6.07 Å². The maximum Gasteiger partial charge on any atom is 0.418 e. The predicted octanol–water partition coefficient (Wildman–Crippen LogP) is 4.95. The Morgan fingerprint density at radius 2 is 1.76 bits per heavy atom. The van der Waals surface area contributed by atoms with Gasteiger partial charge >= 0.3 is 6.18 Å². The third-order valence-corrected chi connectivity index (χ3v) is 3.35. The maximum absolute atomic E-state index is 13.0. The van der Waals surface area contributed by atoms with E-state index in [9.17, 15) is 13.2 Å². The molecule has 0 saturated carbocycles. The second-order valence-electron chi connectivity index (χ2n) is 4.35. The molecule has 0 atom stereocenters. The summed E-state index contributed by atoms with van der Waals surface area (Å²) >= 11 is 3.04. The van der Waals surface area contributed by atoms with Gasteiger partial charge in [0.05, 0.1) is 17.2 Å². The lowest BCUT2D eigenvalue weighted by Crippen LogP contribution is -2.10. The molecule has 0 aliphatic carbocycles. The molecule has 0 radical (unpaired) electrons. The molecule has 0 unspecified atom stereocenters. The van der Waals surface area contributed by atoms with E-state index in [1.807, 2.05) is 6.07 Å². The number of nitrogens with one attached hydrogen (secondary N) is 1. The highest BCUT2D eigenvalue weighted by atomic mass is 79.9. The third-order valence-electron chi connectivity index (χ3n) is 2.85. The average molecular weight is 355 g/mol. The molecule has 108 valence electrons. The van der Waals surface area contributed by atoms with E-state index in [1.54, 1.807) is 30.3 Å². The second-order valence-corrected chi connectivity index (χ2v) is 5.27. The standard InChI is InChI=1S/C15H10BrF3N2/c16-12-5-6-14(13(7-12)15(17,18)19)21-9-11-3-1-10(8-20)2-4-11/h1-7,21H,9H2. The molecule has 0 aliphatic heterocycles. The molecule has 2 rings (SSSR count). The van der Waals surface area contributed by atoms with Crippen LogP contribution >= 0.6 is 15.9 Å². The average Bonchev–Trinajstić information content (AvgIpc) is 2.45. The van der Waals surface area contributed by atoms with Crippen LogP contribution in [0.25, 0.3) is 0 Å². The minimum absolute atomic E-state index is 0.0232. The summed E-state index contributed by atoms with van der Waals surface area (Å²) in [6.07, 6.45) is -4.42. The molecule has 0 spiro atoms. The molecule has 0 amide bonds. The highest BCUT2D eigenvalue weighted by molar-refractivity contribution is 9.10. The van der Waals surface area contributed by atoms with E-state index < -0.39 is 11.7 Å². The van der Waals surface area contributed by atoms with Crippen molar-refractivity contribution in [3.05, 3.63) is 63.6 Å². The van der Waals surface area contributed by atoms with Crippen molar-refractivity contribution < 1.29 is 13.2 Å². The summed E-state index contributed by atoms with van der Waals surface area (Å²) in [7, 11) is 0. The Kier molecular flexibility index (Phi) is 4.53. The van der Waals surface area contributed by atoms with Gasteiger partial charge < -0.3 is 5.32 Å². The van der Waals surface area contributed by atoms with Crippen LogP contribution in [0, 0.1) is 11.3 Å². The number of nitrogens with zero attached hydrogens (tertiary/aromatic N) is 1. The summed E-state index contributed by atoms with van der Waals surface area (Å²) in [6, 6.07) is 12.6. The Hall–Kier alpha value is -2.00. The number of halogens is 4. The Morgan fingerprint density at radius 1 is 1.10 bits per heavy atom. The van der Waals surface area contributed by atoms with E-state index in [0.717, 1.165) is 11.6 Å². The van der Waals surface area contributed by atoms with Crippen molar-refractivity contribution in [2.24, 2.45) is 0 Å². The maximum atomic E-state index is 13.0. The quantitative estimate of drug-likeness (QED) is 0.846. The minimum atomic E-state index is -4.42.